The van der Waals surface area contributed by atoms with Gasteiger partial charge in [0.15, 0.2) is 0 Å². The van der Waals surface area contributed by atoms with Gasteiger partial charge in [0.2, 0.25) is 11.7 Å². The molecule has 0 bridgehead atoms. The van der Waals surface area contributed by atoms with Crippen molar-refractivity contribution in [1.29, 1.82) is 0 Å². The summed E-state index contributed by atoms with van der Waals surface area (Å²) in [7, 11) is 0. The molecular formula is C20H22N2O3. The van der Waals surface area contributed by atoms with Crippen LogP contribution in [0.15, 0.2) is 54.6 Å². The Bertz CT molecular complexity index is 757. The molecule has 2 aromatic carbocycles. The standard InChI is InChI=1S/C20H22N2O3/c1-3-14(2)19(24)20(25)22-17-11-7-10-16(13-17)21-18(23)12-15-8-5-4-6-9-15/h4-11,13-14H,3,12H2,1-2H3,(H,21,23)(H,22,25)/t14-/m1/s1. The summed E-state index contributed by atoms with van der Waals surface area (Å²) in [4.78, 5) is 35.9. The van der Waals surface area contributed by atoms with Crippen molar-refractivity contribution >= 4 is 29.0 Å². The Labute approximate surface area is 147 Å². The predicted molar refractivity (Wildman–Crippen MR) is 98.3 cm³/mol. The number of carbonyl (C=O) groups excluding carboxylic acids is 3. The van der Waals surface area contributed by atoms with Crippen LogP contribution in [0.25, 0.3) is 0 Å². The lowest BCUT2D eigenvalue weighted by atomic mass is 10.0. The van der Waals surface area contributed by atoms with Crippen molar-refractivity contribution in [3.8, 4) is 0 Å². The highest BCUT2D eigenvalue weighted by Crippen LogP contribution is 2.16. The molecule has 0 radical (unpaired) electrons. The summed E-state index contributed by atoms with van der Waals surface area (Å²) in [6.45, 7) is 3.58. The van der Waals surface area contributed by atoms with Gasteiger partial charge in [0.1, 0.15) is 0 Å². The third-order valence-corrected chi connectivity index (χ3v) is 3.90. The Morgan fingerprint density at radius 1 is 0.920 bits per heavy atom. The third kappa shape index (κ3) is 5.57. The second-order valence-corrected chi connectivity index (χ2v) is 5.92. The van der Waals surface area contributed by atoms with Crippen LogP contribution >= 0.6 is 0 Å². The molecule has 5 heteroatoms. The van der Waals surface area contributed by atoms with Gasteiger partial charge < -0.3 is 10.6 Å². The molecule has 0 aliphatic heterocycles. The molecule has 0 aliphatic rings. The average molecular weight is 338 g/mol. The van der Waals surface area contributed by atoms with Crippen molar-refractivity contribution in [1.82, 2.24) is 0 Å². The van der Waals surface area contributed by atoms with Crippen LogP contribution in [0.1, 0.15) is 25.8 Å². The minimum absolute atomic E-state index is 0.148. The molecule has 5 nitrogen and oxygen atoms in total. The fraction of sp³-hybridized carbons (Fsp3) is 0.250. The normalized spacial score (nSPS) is 11.4. The fourth-order valence-electron chi connectivity index (χ4n) is 2.26. The maximum Gasteiger partial charge on any atom is 0.292 e. The van der Waals surface area contributed by atoms with Crippen molar-refractivity contribution in [2.45, 2.75) is 26.7 Å². The molecule has 2 N–H and O–H groups in total. The second kappa shape index (κ2) is 8.78. The van der Waals surface area contributed by atoms with Gasteiger partial charge in [-0.05, 0) is 30.2 Å². The van der Waals surface area contributed by atoms with Gasteiger partial charge in [-0.25, -0.2) is 0 Å². The zero-order valence-electron chi connectivity index (χ0n) is 14.4. The molecule has 2 aromatic rings. The number of hydrogen-bond donors (Lipinski definition) is 2. The largest absolute Gasteiger partial charge is 0.326 e. The Morgan fingerprint density at radius 2 is 1.56 bits per heavy atom. The molecule has 130 valence electrons. The topological polar surface area (TPSA) is 75.3 Å². The first-order chi connectivity index (χ1) is 12.0. The summed E-state index contributed by atoms with van der Waals surface area (Å²) in [5, 5.41) is 5.37. The van der Waals surface area contributed by atoms with Crippen molar-refractivity contribution in [3.05, 3.63) is 60.2 Å². The lowest BCUT2D eigenvalue weighted by Crippen LogP contribution is -2.27. The Kier molecular flexibility index (Phi) is 6.46. The fourth-order valence-corrected chi connectivity index (χ4v) is 2.26. The summed E-state index contributed by atoms with van der Waals surface area (Å²) in [5.74, 6) is -1.54. The number of nitrogens with one attached hydrogen (secondary N) is 2. The molecule has 0 unspecified atom stereocenters. The van der Waals surface area contributed by atoms with Gasteiger partial charge in [0, 0.05) is 17.3 Å². The summed E-state index contributed by atoms with van der Waals surface area (Å²) in [6, 6.07) is 16.2. The molecular weight excluding hydrogens is 316 g/mol. The van der Waals surface area contributed by atoms with Gasteiger partial charge >= 0.3 is 0 Å². The number of benzene rings is 2. The van der Waals surface area contributed by atoms with Gasteiger partial charge in [-0.1, -0.05) is 50.2 Å². The van der Waals surface area contributed by atoms with Crippen molar-refractivity contribution in [2.24, 2.45) is 5.92 Å². The van der Waals surface area contributed by atoms with E-state index in [1.165, 1.54) is 0 Å². The molecule has 0 saturated carbocycles. The first-order valence-electron chi connectivity index (χ1n) is 8.28. The first-order valence-corrected chi connectivity index (χ1v) is 8.28. The van der Waals surface area contributed by atoms with E-state index < -0.39 is 11.7 Å². The molecule has 0 spiro atoms. The maximum absolute atomic E-state index is 12.1. The van der Waals surface area contributed by atoms with Crippen LogP contribution in [0.2, 0.25) is 0 Å². The van der Waals surface area contributed by atoms with Crippen LogP contribution in [-0.2, 0) is 20.8 Å². The molecule has 0 heterocycles. The Balaban J connectivity index is 1.97. The summed E-state index contributed by atoms with van der Waals surface area (Å²) in [5.41, 5.74) is 1.96. The van der Waals surface area contributed by atoms with Crippen molar-refractivity contribution in [2.75, 3.05) is 10.6 Å². The highest BCUT2D eigenvalue weighted by atomic mass is 16.2. The molecule has 0 saturated heterocycles. The number of hydrogen-bond acceptors (Lipinski definition) is 3. The number of rotatable bonds is 7. The second-order valence-electron chi connectivity index (χ2n) is 5.92. The van der Waals surface area contributed by atoms with Crippen LogP contribution in [0.5, 0.6) is 0 Å². The van der Waals surface area contributed by atoms with Gasteiger partial charge in [-0.3, -0.25) is 14.4 Å². The van der Waals surface area contributed by atoms with Crippen LogP contribution in [0.3, 0.4) is 0 Å². The van der Waals surface area contributed by atoms with E-state index in [0.717, 1.165) is 5.56 Å². The molecule has 0 fully saturated rings. The molecule has 25 heavy (non-hydrogen) atoms. The Hall–Kier alpha value is -2.95. The highest BCUT2D eigenvalue weighted by molar-refractivity contribution is 6.41. The zero-order chi connectivity index (χ0) is 18.2. The molecule has 2 amide bonds. The lowest BCUT2D eigenvalue weighted by Gasteiger charge is -2.10. The van der Waals surface area contributed by atoms with Gasteiger partial charge in [-0.15, -0.1) is 0 Å². The van der Waals surface area contributed by atoms with Gasteiger partial charge in [0.05, 0.1) is 6.42 Å². The minimum atomic E-state index is -0.637. The SMILES string of the molecule is CC[C@@H](C)C(=O)C(=O)Nc1cccc(NC(=O)Cc2ccccc2)c1. The quantitative estimate of drug-likeness (QED) is 0.760. The molecule has 2 rings (SSSR count). The van der Waals surface area contributed by atoms with Gasteiger partial charge in [0.25, 0.3) is 5.91 Å². The lowest BCUT2D eigenvalue weighted by molar-refractivity contribution is -0.137. The number of amides is 2. The van der Waals surface area contributed by atoms with Crippen LogP contribution in [0, 0.1) is 5.92 Å². The molecule has 1 atom stereocenters. The van der Waals surface area contributed by atoms with Gasteiger partial charge in [-0.2, -0.15) is 0 Å². The Morgan fingerprint density at radius 3 is 2.20 bits per heavy atom. The first kappa shape index (κ1) is 18.4. The predicted octanol–water partition coefficient (Wildman–Crippen LogP) is 3.42. The van der Waals surface area contributed by atoms with E-state index in [-0.39, 0.29) is 18.2 Å². The number of anilines is 2. The van der Waals surface area contributed by atoms with E-state index in [1.807, 2.05) is 37.3 Å². The average Bonchev–Trinajstić information content (AvgIpc) is 2.61. The zero-order valence-corrected chi connectivity index (χ0v) is 14.4. The van der Waals surface area contributed by atoms with Crippen molar-refractivity contribution < 1.29 is 14.4 Å². The highest BCUT2D eigenvalue weighted by Gasteiger charge is 2.19. The molecule has 0 aliphatic carbocycles. The van der Waals surface area contributed by atoms with Crippen molar-refractivity contribution in [3.63, 3.8) is 0 Å². The number of carbonyl (C=O) groups is 3. The van der Waals surface area contributed by atoms with E-state index in [0.29, 0.717) is 17.8 Å². The summed E-state index contributed by atoms with van der Waals surface area (Å²) in [6.07, 6.45) is 0.881. The number of ketones is 1. The van der Waals surface area contributed by atoms with Crippen LogP contribution in [-0.4, -0.2) is 17.6 Å². The van der Waals surface area contributed by atoms with Crippen LogP contribution in [0.4, 0.5) is 11.4 Å². The van der Waals surface area contributed by atoms with E-state index in [2.05, 4.69) is 10.6 Å². The maximum atomic E-state index is 12.1. The molecule has 0 aromatic heterocycles. The smallest absolute Gasteiger partial charge is 0.292 e. The number of Topliss-reactive ketones (excluding diaryl/α,β-unsaturated/α-hetero) is 1. The van der Waals surface area contributed by atoms with E-state index in [1.54, 1.807) is 31.2 Å². The summed E-state index contributed by atoms with van der Waals surface area (Å²) >= 11 is 0. The van der Waals surface area contributed by atoms with E-state index >= 15 is 0 Å². The summed E-state index contributed by atoms with van der Waals surface area (Å²) < 4.78 is 0. The third-order valence-electron chi connectivity index (χ3n) is 3.90. The minimum Gasteiger partial charge on any atom is -0.326 e. The van der Waals surface area contributed by atoms with E-state index in [9.17, 15) is 14.4 Å². The van der Waals surface area contributed by atoms with Crippen LogP contribution < -0.4 is 10.6 Å². The van der Waals surface area contributed by atoms with E-state index in [4.69, 9.17) is 0 Å². The monoisotopic (exact) mass is 338 g/mol.